The van der Waals surface area contributed by atoms with E-state index in [4.69, 9.17) is 4.42 Å². The van der Waals surface area contributed by atoms with Gasteiger partial charge in [0.25, 0.3) is 5.56 Å². The molecule has 0 aliphatic carbocycles. The predicted octanol–water partition coefficient (Wildman–Crippen LogP) is 5.41. The maximum Gasteiger partial charge on any atom is 0.252 e. The molecule has 0 bridgehead atoms. The van der Waals surface area contributed by atoms with Crippen LogP contribution in [0.15, 0.2) is 45.8 Å². The Morgan fingerprint density at radius 1 is 1.17 bits per heavy atom. The summed E-state index contributed by atoms with van der Waals surface area (Å²) < 4.78 is 7.65. The van der Waals surface area contributed by atoms with Gasteiger partial charge in [0.2, 0.25) is 0 Å². The molecule has 8 heteroatoms. The van der Waals surface area contributed by atoms with Crippen molar-refractivity contribution < 1.29 is 4.42 Å². The van der Waals surface area contributed by atoms with Crippen LogP contribution in [0.5, 0.6) is 0 Å². The fourth-order valence-corrected chi connectivity index (χ4v) is 4.52. The molecule has 1 atom stereocenters. The van der Waals surface area contributed by atoms with Gasteiger partial charge in [-0.3, -0.25) is 9.69 Å². The first-order valence-electron chi connectivity index (χ1n) is 12.4. The first-order chi connectivity index (χ1) is 16.7. The van der Waals surface area contributed by atoms with Crippen LogP contribution in [-0.4, -0.2) is 30.1 Å². The molecule has 186 valence electrons. The van der Waals surface area contributed by atoms with E-state index in [2.05, 4.69) is 72.2 Å². The molecular formula is C27H36N6O2. The van der Waals surface area contributed by atoms with Crippen molar-refractivity contribution in [3.05, 3.63) is 75.2 Å². The summed E-state index contributed by atoms with van der Waals surface area (Å²) in [6, 6.07) is 9.95. The molecule has 8 nitrogen and oxygen atoms in total. The van der Waals surface area contributed by atoms with Crippen molar-refractivity contribution in [1.82, 2.24) is 30.1 Å². The Kier molecular flexibility index (Phi) is 7.21. The summed E-state index contributed by atoms with van der Waals surface area (Å²) in [6.07, 6.45) is 4.38. The van der Waals surface area contributed by atoms with E-state index in [-0.39, 0.29) is 17.1 Å². The van der Waals surface area contributed by atoms with E-state index in [0.29, 0.717) is 18.7 Å². The fourth-order valence-electron chi connectivity index (χ4n) is 4.52. The Morgan fingerprint density at radius 2 is 1.97 bits per heavy atom. The number of furan rings is 1. The summed E-state index contributed by atoms with van der Waals surface area (Å²) in [5.41, 5.74) is 3.57. The molecule has 0 saturated heterocycles. The summed E-state index contributed by atoms with van der Waals surface area (Å²) in [6.45, 7) is 13.7. The number of aromatic amines is 1. The van der Waals surface area contributed by atoms with Gasteiger partial charge in [0.1, 0.15) is 5.76 Å². The van der Waals surface area contributed by atoms with Crippen LogP contribution in [0.3, 0.4) is 0 Å². The average molecular weight is 477 g/mol. The second-order valence-corrected chi connectivity index (χ2v) is 10.00. The van der Waals surface area contributed by atoms with Crippen LogP contribution in [0.4, 0.5) is 0 Å². The Morgan fingerprint density at radius 3 is 2.66 bits per heavy atom. The lowest BCUT2D eigenvalue weighted by atomic mass is 10.0. The molecule has 0 fully saturated rings. The molecule has 0 saturated carbocycles. The highest BCUT2D eigenvalue weighted by Crippen LogP contribution is 2.31. The monoisotopic (exact) mass is 476 g/mol. The van der Waals surface area contributed by atoms with E-state index in [1.165, 1.54) is 0 Å². The summed E-state index contributed by atoms with van der Waals surface area (Å²) in [7, 11) is 0. The average Bonchev–Trinajstić information content (AvgIpc) is 3.53. The van der Waals surface area contributed by atoms with Crippen molar-refractivity contribution in [2.75, 3.05) is 0 Å². The number of fused-ring (bicyclic) bond motifs is 1. The molecule has 1 aromatic carbocycles. The third-order valence-electron chi connectivity index (χ3n) is 7.17. The van der Waals surface area contributed by atoms with Gasteiger partial charge < -0.3 is 9.40 Å². The molecule has 0 unspecified atom stereocenters. The van der Waals surface area contributed by atoms with Gasteiger partial charge >= 0.3 is 0 Å². The molecule has 0 spiro atoms. The van der Waals surface area contributed by atoms with Crippen LogP contribution < -0.4 is 5.56 Å². The largest absolute Gasteiger partial charge is 0.468 e. The number of tetrazole rings is 1. The van der Waals surface area contributed by atoms with Crippen LogP contribution in [0.1, 0.15) is 81.3 Å². The van der Waals surface area contributed by atoms with E-state index >= 15 is 0 Å². The van der Waals surface area contributed by atoms with Crippen molar-refractivity contribution in [3.63, 3.8) is 0 Å². The number of benzene rings is 1. The Labute approximate surface area is 206 Å². The number of hydrogen-bond acceptors (Lipinski definition) is 6. The minimum absolute atomic E-state index is 0.0700. The second-order valence-electron chi connectivity index (χ2n) is 10.00. The van der Waals surface area contributed by atoms with Crippen molar-refractivity contribution in [3.8, 4) is 0 Å². The molecule has 0 aliphatic heterocycles. The summed E-state index contributed by atoms with van der Waals surface area (Å²) in [5.74, 6) is 1.65. The van der Waals surface area contributed by atoms with Gasteiger partial charge in [-0.25, -0.2) is 4.68 Å². The van der Waals surface area contributed by atoms with Crippen LogP contribution in [0, 0.1) is 13.8 Å². The molecule has 0 amide bonds. The SMILES string of the molecule is CCC[C@H](c1nnnn1C(C)(C)CC)N(Cc1ccco1)Cc1cc2ccc(C)c(C)c2[nH]c1=O. The summed E-state index contributed by atoms with van der Waals surface area (Å²) in [5, 5.41) is 13.9. The molecule has 35 heavy (non-hydrogen) atoms. The maximum absolute atomic E-state index is 13.2. The van der Waals surface area contributed by atoms with E-state index in [1.807, 2.05) is 29.8 Å². The second kappa shape index (κ2) is 10.2. The van der Waals surface area contributed by atoms with Crippen LogP contribution in [0.2, 0.25) is 0 Å². The third kappa shape index (κ3) is 5.07. The molecule has 4 rings (SSSR count). The zero-order chi connectivity index (χ0) is 25.2. The van der Waals surface area contributed by atoms with Crippen LogP contribution in [-0.2, 0) is 18.6 Å². The van der Waals surface area contributed by atoms with Crippen molar-refractivity contribution in [2.24, 2.45) is 0 Å². The first kappa shape index (κ1) is 24.9. The van der Waals surface area contributed by atoms with Gasteiger partial charge in [-0.15, -0.1) is 5.10 Å². The van der Waals surface area contributed by atoms with Gasteiger partial charge in [-0.2, -0.15) is 0 Å². The van der Waals surface area contributed by atoms with Crippen LogP contribution in [0.25, 0.3) is 10.9 Å². The number of rotatable bonds is 10. The standard InChI is InChI=1S/C27H36N6O2/c1-7-10-23(25-29-30-31-33(25)27(5,6)8-2)32(17-22-11-9-14-35-22)16-21-15-20-13-12-18(3)19(4)24(20)28-26(21)34/h9,11-15,23H,7-8,10,16-17H2,1-6H3,(H,28,34)/t23-/m1/s1. The lowest BCUT2D eigenvalue weighted by Gasteiger charge is -2.33. The number of aryl methyl sites for hydroxylation is 2. The van der Waals surface area contributed by atoms with Crippen molar-refractivity contribution in [1.29, 1.82) is 0 Å². The topological polar surface area (TPSA) is 92.8 Å². The van der Waals surface area contributed by atoms with E-state index in [1.54, 1.807) is 6.26 Å². The van der Waals surface area contributed by atoms with Gasteiger partial charge in [0.05, 0.1) is 29.9 Å². The van der Waals surface area contributed by atoms with Gasteiger partial charge in [-0.1, -0.05) is 32.4 Å². The molecule has 1 N–H and O–H groups in total. The molecule has 0 aliphatic rings. The number of aromatic nitrogens is 5. The number of nitrogens with zero attached hydrogens (tertiary/aromatic N) is 5. The van der Waals surface area contributed by atoms with Gasteiger partial charge in [-0.05, 0) is 85.7 Å². The number of nitrogens with one attached hydrogen (secondary N) is 1. The van der Waals surface area contributed by atoms with Gasteiger partial charge in [0.15, 0.2) is 5.82 Å². The van der Waals surface area contributed by atoms with E-state index in [0.717, 1.165) is 52.9 Å². The molecule has 3 heterocycles. The van der Waals surface area contributed by atoms with E-state index in [9.17, 15) is 4.79 Å². The number of hydrogen-bond donors (Lipinski definition) is 1. The lowest BCUT2D eigenvalue weighted by molar-refractivity contribution is 0.135. The zero-order valence-corrected chi connectivity index (χ0v) is 21.6. The summed E-state index contributed by atoms with van der Waals surface area (Å²) in [4.78, 5) is 18.6. The molecule has 3 aromatic heterocycles. The number of pyridine rings is 1. The Bertz CT molecular complexity index is 1340. The predicted molar refractivity (Wildman–Crippen MR) is 137 cm³/mol. The van der Waals surface area contributed by atoms with E-state index < -0.39 is 0 Å². The first-order valence-corrected chi connectivity index (χ1v) is 12.4. The third-order valence-corrected chi connectivity index (χ3v) is 7.17. The Balaban J connectivity index is 1.79. The fraction of sp³-hybridized carbons (Fsp3) is 0.481. The maximum atomic E-state index is 13.2. The number of H-pyrrole nitrogens is 1. The highest BCUT2D eigenvalue weighted by Gasteiger charge is 2.32. The van der Waals surface area contributed by atoms with Crippen molar-refractivity contribution >= 4 is 10.9 Å². The normalized spacial score (nSPS) is 13.1. The molecule has 4 aromatic rings. The zero-order valence-electron chi connectivity index (χ0n) is 21.6. The smallest absolute Gasteiger partial charge is 0.252 e. The van der Waals surface area contributed by atoms with Gasteiger partial charge in [0, 0.05) is 12.1 Å². The quantitative estimate of drug-likeness (QED) is 0.329. The lowest BCUT2D eigenvalue weighted by Crippen LogP contribution is -2.36. The van der Waals surface area contributed by atoms with Crippen molar-refractivity contribution in [2.45, 2.75) is 85.5 Å². The highest BCUT2D eigenvalue weighted by molar-refractivity contribution is 5.83. The summed E-state index contributed by atoms with van der Waals surface area (Å²) >= 11 is 0. The molecule has 0 radical (unpaired) electrons. The minimum Gasteiger partial charge on any atom is -0.468 e. The van der Waals surface area contributed by atoms with Crippen LogP contribution >= 0.6 is 0 Å². The highest BCUT2D eigenvalue weighted by atomic mass is 16.3. The minimum atomic E-state index is -0.225. The molecular weight excluding hydrogens is 440 g/mol. The Hall–Kier alpha value is -3.26.